The minimum Gasteiger partial charge on any atom is -0.508 e. The normalized spacial score (nSPS) is 20.8. The van der Waals surface area contributed by atoms with Crippen LogP contribution in [0.15, 0.2) is 47.3 Å². The molecule has 7 rings (SSSR count). The largest absolute Gasteiger partial charge is 0.508 e. The molecule has 0 radical (unpaired) electrons. The SMILES string of the molecule is CCc1c2c(nc3ccc(O)cc13)-c1cc3c(c(=O)n1C2)COC(=O)[C@@]3(CC)OC(=O)N(C)CCN(C)C(=O)OCc1ccc(NC(=O)[C@H](C)NC(=O)[C@@H](N)C(C)C)c(O[C@@H]2O[C@H](C(=O)O)C[C@H](O)[C@H]2O)c1. The number of carbonyl (C=O) groups excluding carboxylic acids is 5. The van der Waals surface area contributed by atoms with E-state index < -0.39 is 90.2 Å². The molecule has 3 aliphatic heterocycles. The Hall–Kier alpha value is -7.34. The Morgan fingerprint density at radius 3 is 2.35 bits per heavy atom. The Bertz CT molecular complexity index is 2870. The Balaban J connectivity index is 1.03. The number of pyridine rings is 2. The van der Waals surface area contributed by atoms with Gasteiger partial charge < -0.3 is 74.8 Å². The first-order valence-electron chi connectivity index (χ1n) is 23.4. The Morgan fingerprint density at radius 2 is 1.68 bits per heavy atom. The van der Waals surface area contributed by atoms with Crippen LogP contribution >= 0.6 is 0 Å². The van der Waals surface area contributed by atoms with Crippen molar-refractivity contribution in [3.63, 3.8) is 0 Å². The summed E-state index contributed by atoms with van der Waals surface area (Å²) in [4.78, 5) is 99.6. The average molecular weight is 1000 g/mol. The number of likely N-dealkylation sites (N-methyl/N-ethyl adjacent to an activating group) is 2. The van der Waals surface area contributed by atoms with Gasteiger partial charge >= 0.3 is 24.1 Å². The number of aliphatic hydroxyl groups is 2. The van der Waals surface area contributed by atoms with Crippen molar-refractivity contribution in [3.05, 3.63) is 80.6 Å². The monoisotopic (exact) mass is 1000 g/mol. The number of carboxylic acids is 1. The standard InChI is InChI=1S/C49H59N7O16/c1-8-27-28-17-26(57)11-13-32(28)52-39-29(27)20-56-34(39)18-31-30(43(56)62)22-68-46(65)49(31,9-2)72-48(67)55(7)15-14-54(6)47(66)69-21-25-10-12-33(53-41(60)24(5)51-42(61)38(50)23(3)4)36(16-25)70-45-40(59)35(58)19-37(71-45)44(63)64/h10-13,16-18,23-24,35,37-38,40,45,57-59H,8-9,14-15,19-22,50H2,1-7H3,(H,51,61)(H,53,60)(H,63,64)/t24-,35-,37-,38-,40+,45+,49-/m0/s1. The second-order valence-corrected chi connectivity index (χ2v) is 18.4. The number of phenols is 1. The highest BCUT2D eigenvalue weighted by Crippen LogP contribution is 2.43. The summed E-state index contributed by atoms with van der Waals surface area (Å²) >= 11 is 0. The van der Waals surface area contributed by atoms with Gasteiger partial charge in [-0.1, -0.05) is 33.8 Å². The number of fused-ring (bicyclic) bond motifs is 5. The predicted octanol–water partition coefficient (Wildman–Crippen LogP) is 2.42. The summed E-state index contributed by atoms with van der Waals surface area (Å²) in [6.07, 6.45) is -8.24. The second-order valence-electron chi connectivity index (χ2n) is 18.4. The third kappa shape index (κ3) is 10.4. The maximum absolute atomic E-state index is 14.2. The Morgan fingerprint density at radius 1 is 0.972 bits per heavy atom. The third-order valence-electron chi connectivity index (χ3n) is 13.2. The number of aliphatic hydroxyl groups excluding tert-OH is 2. The molecule has 0 aliphatic carbocycles. The van der Waals surface area contributed by atoms with Crippen LogP contribution in [0, 0.1) is 5.92 Å². The number of nitrogens with zero attached hydrogens (tertiary/aromatic N) is 4. The van der Waals surface area contributed by atoms with Crippen molar-refractivity contribution in [1.82, 2.24) is 24.7 Å². The van der Waals surface area contributed by atoms with Crippen molar-refractivity contribution < 1.29 is 72.9 Å². The number of carbonyl (C=O) groups is 6. The molecule has 1 fully saturated rings. The second kappa shape index (κ2) is 21.2. The van der Waals surface area contributed by atoms with Crippen molar-refractivity contribution in [2.45, 2.75) is 116 Å². The van der Waals surface area contributed by atoms with Crippen LogP contribution in [0.3, 0.4) is 0 Å². The fourth-order valence-electron chi connectivity index (χ4n) is 8.67. The number of aryl methyl sites for hydroxylation is 1. The number of hydrogen-bond acceptors (Lipinski definition) is 17. The molecule has 2 aromatic heterocycles. The van der Waals surface area contributed by atoms with Crippen molar-refractivity contribution in [3.8, 4) is 22.9 Å². The highest BCUT2D eigenvalue weighted by molar-refractivity contribution is 5.98. The molecule has 2 aromatic carbocycles. The lowest BCUT2D eigenvalue weighted by Gasteiger charge is -2.36. The number of phenolic OH excluding ortho intramolecular Hbond substituents is 1. The van der Waals surface area contributed by atoms with Crippen LogP contribution in [0.4, 0.5) is 15.3 Å². The number of amides is 4. The lowest BCUT2D eigenvalue weighted by molar-refractivity contribution is -0.238. The number of ether oxygens (including phenoxy) is 5. The van der Waals surface area contributed by atoms with E-state index in [0.29, 0.717) is 23.3 Å². The third-order valence-corrected chi connectivity index (χ3v) is 13.2. The minimum atomic E-state index is -2.01. The maximum atomic E-state index is 14.2. The van der Waals surface area contributed by atoms with Gasteiger partial charge in [0.05, 0.1) is 46.8 Å². The molecule has 8 N–H and O–H groups in total. The first-order chi connectivity index (χ1) is 34.1. The minimum absolute atomic E-state index is 0.0191. The number of aromatic hydroxyl groups is 1. The van der Waals surface area contributed by atoms with E-state index in [1.807, 2.05) is 6.92 Å². The van der Waals surface area contributed by atoms with E-state index in [4.69, 9.17) is 34.4 Å². The number of nitrogens with two attached hydrogens (primary N) is 1. The molecular formula is C49H59N7O16. The summed E-state index contributed by atoms with van der Waals surface area (Å²) in [5.41, 5.74) is 7.37. The van der Waals surface area contributed by atoms with Crippen LogP contribution in [0.25, 0.3) is 22.3 Å². The van der Waals surface area contributed by atoms with Gasteiger partial charge in [-0.05, 0) is 73.2 Å². The van der Waals surface area contributed by atoms with E-state index in [1.54, 1.807) is 43.5 Å². The van der Waals surface area contributed by atoms with Gasteiger partial charge in [0.25, 0.3) is 5.56 Å². The Kier molecular flexibility index (Phi) is 15.4. The molecule has 386 valence electrons. The van der Waals surface area contributed by atoms with Crippen molar-refractivity contribution in [1.29, 1.82) is 0 Å². The van der Waals surface area contributed by atoms with Crippen molar-refractivity contribution >= 4 is 52.5 Å². The zero-order valence-corrected chi connectivity index (χ0v) is 40.8. The number of hydrogen-bond donors (Lipinski definition) is 7. The summed E-state index contributed by atoms with van der Waals surface area (Å²) in [5, 5.41) is 46.7. The van der Waals surface area contributed by atoms with Crippen LogP contribution in [-0.4, -0.2) is 140 Å². The van der Waals surface area contributed by atoms with E-state index >= 15 is 0 Å². The van der Waals surface area contributed by atoms with Gasteiger partial charge in [-0.2, -0.15) is 0 Å². The summed E-state index contributed by atoms with van der Waals surface area (Å²) in [6, 6.07) is 8.70. The van der Waals surface area contributed by atoms with Crippen LogP contribution in [-0.2, 0) is 69.9 Å². The molecule has 23 nitrogen and oxygen atoms in total. The highest BCUT2D eigenvalue weighted by atomic mass is 16.7. The fourth-order valence-corrected chi connectivity index (χ4v) is 8.67. The maximum Gasteiger partial charge on any atom is 0.411 e. The number of anilines is 1. The lowest BCUT2D eigenvalue weighted by Crippen LogP contribution is -2.53. The topological polar surface area (TPSA) is 321 Å². The number of aromatic nitrogens is 2. The van der Waals surface area contributed by atoms with E-state index in [-0.39, 0.29) is 79.1 Å². The highest BCUT2D eigenvalue weighted by Gasteiger charge is 2.51. The number of rotatable bonds is 16. The van der Waals surface area contributed by atoms with Gasteiger partial charge in [0, 0.05) is 50.1 Å². The van der Waals surface area contributed by atoms with Gasteiger partial charge in [0.1, 0.15) is 36.9 Å². The van der Waals surface area contributed by atoms with E-state index in [1.165, 1.54) is 50.2 Å². The zero-order valence-electron chi connectivity index (χ0n) is 40.8. The number of carboxylic acid groups (broad SMARTS) is 1. The predicted molar refractivity (Wildman–Crippen MR) is 254 cm³/mol. The molecule has 23 heteroatoms. The molecule has 7 atom stereocenters. The zero-order chi connectivity index (χ0) is 52.5. The average Bonchev–Trinajstić information content (AvgIpc) is 3.72. The molecule has 0 spiro atoms. The molecular weight excluding hydrogens is 943 g/mol. The van der Waals surface area contributed by atoms with Crippen LogP contribution in [0.5, 0.6) is 11.5 Å². The van der Waals surface area contributed by atoms with Crippen molar-refractivity contribution in [2.24, 2.45) is 11.7 Å². The van der Waals surface area contributed by atoms with Gasteiger partial charge in [0.15, 0.2) is 6.10 Å². The van der Waals surface area contributed by atoms with Crippen molar-refractivity contribution in [2.75, 3.05) is 32.5 Å². The molecule has 3 aliphatic rings. The molecule has 4 aromatic rings. The molecule has 0 saturated carbocycles. The van der Waals surface area contributed by atoms with Crippen LogP contribution < -0.4 is 26.7 Å². The van der Waals surface area contributed by atoms with Crippen LogP contribution in [0.1, 0.15) is 75.3 Å². The van der Waals surface area contributed by atoms with E-state index in [0.717, 1.165) is 21.4 Å². The van der Waals surface area contributed by atoms with Gasteiger partial charge in [-0.15, -0.1) is 0 Å². The number of nitrogens with one attached hydrogen (secondary N) is 2. The lowest BCUT2D eigenvalue weighted by atomic mass is 9.85. The molecule has 0 unspecified atom stereocenters. The molecule has 5 heterocycles. The molecule has 1 saturated heterocycles. The summed E-state index contributed by atoms with van der Waals surface area (Å²) in [6.45, 7) is 7.77. The van der Waals surface area contributed by atoms with E-state index in [2.05, 4.69) is 10.6 Å². The first-order valence-corrected chi connectivity index (χ1v) is 23.4. The van der Waals surface area contributed by atoms with E-state index in [9.17, 15) is 54.0 Å². The first kappa shape index (κ1) is 52.5. The fraction of sp³-hybridized carbons (Fsp3) is 0.469. The number of cyclic esters (lactones) is 1. The molecule has 72 heavy (non-hydrogen) atoms. The van der Waals surface area contributed by atoms with Gasteiger partial charge in [0.2, 0.25) is 23.7 Å². The van der Waals surface area contributed by atoms with Gasteiger partial charge in [-0.3, -0.25) is 14.4 Å². The van der Waals surface area contributed by atoms with Crippen LogP contribution in [0.2, 0.25) is 0 Å². The van der Waals surface area contributed by atoms with Gasteiger partial charge in [-0.25, -0.2) is 24.2 Å². The smallest absolute Gasteiger partial charge is 0.411 e. The number of benzene rings is 2. The summed E-state index contributed by atoms with van der Waals surface area (Å²) in [7, 11) is 2.81. The number of esters is 1. The molecule has 4 amide bonds. The number of aliphatic carboxylic acids is 1. The summed E-state index contributed by atoms with van der Waals surface area (Å²) < 4.78 is 29.8. The summed E-state index contributed by atoms with van der Waals surface area (Å²) in [5.74, 6) is -3.87. The quantitative estimate of drug-likeness (QED) is 0.0551. The molecule has 0 bridgehead atoms. The Labute approximate surface area is 412 Å².